The number of oxazole rings is 1. The van der Waals surface area contributed by atoms with Gasteiger partial charge in [0, 0.05) is 31.2 Å². The number of sulfonamides is 1. The first-order valence-corrected chi connectivity index (χ1v) is 11.1. The van der Waals surface area contributed by atoms with Crippen molar-refractivity contribution in [3.05, 3.63) is 83.9 Å². The van der Waals surface area contributed by atoms with Crippen molar-refractivity contribution in [2.75, 3.05) is 4.72 Å². The molecule has 0 spiro atoms. The predicted octanol–water partition coefficient (Wildman–Crippen LogP) is 2.70. The van der Waals surface area contributed by atoms with E-state index >= 15 is 0 Å². The van der Waals surface area contributed by atoms with Gasteiger partial charge in [-0.3, -0.25) is 9.29 Å². The molecule has 2 aromatic carbocycles. The SMILES string of the molecule is Cn1c(=O)oc2ccc(S(=O)(=O)Nc3ccc(Oc4cc(-n5cccn5)ncn4)cc3)cc21. The topological polar surface area (TPSA) is 134 Å². The third kappa shape index (κ3) is 4.06. The number of ether oxygens (including phenoxy) is 1. The molecule has 0 bridgehead atoms. The zero-order valence-corrected chi connectivity index (χ0v) is 17.9. The number of rotatable bonds is 6. The number of nitrogens with zero attached hydrogens (tertiary/aromatic N) is 5. The van der Waals surface area contributed by atoms with Crippen LogP contribution in [0.1, 0.15) is 0 Å². The van der Waals surface area contributed by atoms with Crippen LogP contribution in [0.2, 0.25) is 0 Å². The summed E-state index contributed by atoms with van der Waals surface area (Å²) in [6, 6.07) is 13.9. The van der Waals surface area contributed by atoms with Crippen LogP contribution in [0.5, 0.6) is 11.6 Å². The second-order valence-electron chi connectivity index (χ2n) is 6.95. The molecule has 33 heavy (non-hydrogen) atoms. The van der Waals surface area contributed by atoms with E-state index in [4.69, 9.17) is 9.15 Å². The highest BCUT2D eigenvalue weighted by Crippen LogP contribution is 2.25. The fourth-order valence-electron chi connectivity index (χ4n) is 3.11. The minimum absolute atomic E-state index is 0.00105. The standard InChI is InChI=1S/C21H16N6O5S/c1-26-17-11-16(7-8-18(17)32-21(26)28)33(29,30)25-14-3-5-15(6-4-14)31-20-12-19(22-13-23-20)27-10-2-9-24-27/h2-13,25H,1H3. The molecule has 0 atom stereocenters. The summed E-state index contributed by atoms with van der Waals surface area (Å²) in [5.74, 6) is 0.741. The fraction of sp³-hybridized carbons (Fsp3) is 0.0476. The molecule has 11 nitrogen and oxygen atoms in total. The number of anilines is 1. The Morgan fingerprint density at radius 2 is 1.88 bits per heavy atom. The Bertz CT molecular complexity index is 1610. The van der Waals surface area contributed by atoms with Crippen LogP contribution in [0.3, 0.4) is 0 Å². The lowest BCUT2D eigenvalue weighted by Crippen LogP contribution is -2.13. The van der Waals surface area contributed by atoms with Gasteiger partial charge < -0.3 is 9.15 Å². The number of aryl methyl sites for hydroxylation is 1. The zero-order chi connectivity index (χ0) is 23.0. The van der Waals surface area contributed by atoms with Gasteiger partial charge in [0.2, 0.25) is 5.88 Å². The maximum Gasteiger partial charge on any atom is 0.419 e. The van der Waals surface area contributed by atoms with Crippen LogP contribution in [0, 0.1) is 0 Å². The molecule has 0 aliphatic rings. The van der Waals surface area contributed by atoms with Gasteiger partial charge in [-0.25, -0.2) is 27.9 Å². The summed E-state index contributed by atoms with van der Waals surface area (Å²) in [5.41, 5.74) is 1.03. The van der Waals surface area contributed by atoms with E-state index < -0.39 is 15.8 Å². The zero-order valence-electron chi connectivity index (χ0n) is 17.1. The predicted molar refractivity (Wildman–Crippen MR) is 118 cm³/mol. The van der Waals surface area contributed by atoms with Crippen LogP contribution in [0.4, 0.5) is 5.69 Å². The van der Waals surface area contributed by atoms with Gasteiger partial charge >= 0.3 is 5.76 Å². The van der Waals surface area contributed by atoms with Gasteiger partial charge in [0.05, 0.1) is 10.4 Å². The van der Waals surface area contributed by atoms with Gasteiger partial charge in [-0.15, -0.1) is 0 Å². The van der Waals surface area contributed by atoms with Gasteiger partial charge in [-0.05, 0) is 48.5 Å². The molecule has 0 radical (unpaired) electrons. The van der Waals surface area contributed by atoms with Crippen molar-refractivity contribution >= 4 is 26.8 Å². The van der Waals surface area contributed by atoms with E-state index in [-0.39, 0.29) is 4.90 Å². The van der Waals surface area contributed by atoms with E-state index in [1.807, 2.05) is 0 Å². The quantitative estimate of drug-likeness (QED) is 0.405. The highest BCUT2D eigenvalue weighted by molar-refractivity contribution is 7.92. The Hall–Kier alpha value is -4.45. The Balaban J connectivity index is 1.33. The number of aromatic nitrogens is 5. The van der Waals surface area contributed by atoms with Crippen LogP contribution >= 0.6 is 0 Å². The van der Waals surface area contributed by atoms with Gasteiger partial charge in [0.25, 0.3) is 10.0 Å². The molecule has 5 aromatic rings. The average Bonchev–Trinajstić information content (AvgIpc) is 3.44. The summed E-state index contributed by atoms with van der Waals surface area (Å²) in [6.07, 6.45) is 4.75. The van der Waals surface area contributed by atoms with Crippen molar-refractivity contribution in [1.82, 2.24) is 24.3 Å². The molecule has 3 heterocycles. The molecule has 0 unspecified atom stereocenters. The number of benzene rings is 2. The van der Waals surface area contributed by atoms with Gasteiger partial charge in [-0.1, -0.05) is 0 Å². The minimum Gasteiger partial charge on any atom is -0.439 e. The van der Waals surface area contributed by atoms with Crippen molar-refractivity contribution < 1.29 is 17.6 Å². The van der Waals surface area contributed by atoms with Crippen LogP contribution < -0.4 is 15.2 Å². The first-order chi connectivity index (χ1) is 15.9. The first kappa shape index (κ1) is 20.5. The Kier molecular flexibility index (Phi) is 4.90. The normalized spacial score (nSPS) is 11.5. The summed E-state index contributed by atoms with van der Waals surface area (Å²) < 4.78 is 41.7. The van der Waals surface area contributed by atoms with E-state index in [0.717, 1.165) is 0 Å². The van der Waals surface area contributed by atoms with Crippen LogP contribution in [0.25, 0.3) is 16.9 Å². The van der Waals surface area contributed by atoms with Crippen LogP contribution in [0.15, 0.2) is 87.4 Å². The summed E-state index contributed by atoms with van der Waals surface area (Å²) >= 11 is 0. The Morgan fingerprint density at radius 3 is 2.64 bits per heavy atom. The molecule has 0 fully saturated rings. The highest BCUT2D eigenvalue weighted by Gasteiger charge is 2.17. The molecule has 12 heteroatoms. The lowest BCUT2D eigenvalue weighted by Gasteiger charge is -2.10. The molecular formula is C21H16N6O5S. The number of nitrogens with one attached hydrogen (secondary N) is 1. The summed E-state index contributed by atoms with van der Waals surface area (Å²) in [6.45, 7) is 0. The van der Waals surface area contributed by atoms with E-state index in [9.17, 15) is 13.2 Å². The summed E-state index contributed by atoms with van der Waals surface area (Å²) in [4.78, 5) is 19.9. The van der Waals surface area contributed by atoms with Crippen molar-refractivity contribution in [2.24, 2.45) is 7.05 Å². The molecule has 0 aliphatic heterocycles. The number of fused-ring (bicyclic) bond motifs is 1. The molecule has 0 saturated carbocycles. The third-order valence-corrected chi connectivity index (χ3v) is 6.15. The number of hydrogen-bond donors (Lipinski definition) is 1. The number of hydrogen-bond acceptors (Lipinski definition) is 8. The largest absolute Gasteiger partial charge is 0.439 e. The second kappa shape index (κ2) is 7.91. The molecule has 0 aliphatic carbocycles. The maximum atomic E-state index is 12.8. The monoisotopic (exact) mass is 464 g/mol. The molecule has 0 amide bonds. The third-order valence-electron chi connectivity index (χ3n) is 4.77. The van der Waals surface area contributed by atoms with Crippen molar-refractivity contribution in [3.8, 4) is 17.4 Å². The van der Waals surface area contributed by atoms with Gasteiger partial charge in [0.15, 0.2) is 11.4 Å². The van der Waals surface area contributed by atoms with Crippen LogP contribution in [-0.4, -0.2) is 32.7 Å². The van der Waals surface area contributed by atoms with Crippen molar-refractivity contribution in [2.45, 2.75) is 4.90 Å². The lowest BCUT2D eigenvalue weighted by molar-refractivity contribution is 0.460. The lowest BCUT2D eigenvalue weighted by atomic mass is 10.3. The Morgan fingerprint density at radius 1 is 1.06 bits per heavy atom. The van der Waals surface area contributed by atoms with Crippen molar-refractivity contribution in [3.63, 3.8) is 0 Å². The second-order valence-corrected chi connectivity index (χ2v) is 8.64. The average molecular weight is 464 g/mol. The van der Waals surface area contributed by atoms with Crippen LogP contribution in [-0.2, 0) is 17.1 Å². The van der Waals surface area contributed by atoms with E-state index in [1.165, 1.54) is 36.1 Å². The Labute approximate surface area is 187 Å². The van der Waals surface area contributed by atoms with Crippen molar-refractivity contribution in [1.29, 1.82) is 0 Å². The molecule has 166 valence electrons. The van der Waals surface area contributed by atoms with E-state index in [0.29, 0.717) is 34.2 Å². The molecule has 0 saturated heterocycles. The smallest absolute Gasteiger partial charge is 0.419 e. The maximum absolute atomic E-state index is 12.8. The minimum atomic E-state index is -3.89. The first-order valence-electron chi connectivity index (χ1n) is 9.61. The van der Waals surface area contributed by atoms with Gasteiger partial charge in [0.1, 0.15) is 12.1 Å². The molecule has 3 aromatic heterocycles. The van der Waals surface area contributed by atoms with E-state index in [2.05, 4.69) is 19.8 Å². The molecular weight excluding hydrogens is 448 g/mol. The molecule has 5 rings (SSSR count). The summed E-state index contributed by atoms with van der Waals surface area (Å²) in [7, 11) is -2.39. The van der Waals surface area contributed by atoms with E-state index in [1.54, 1.807) is 53.5 Å². The van der Waals surface area contributed by atoms with Gasteiger partial charge in [-0.2, -0.15) is 5.10 Å². The summed E-state index contributed by atoms with van der Waals surface area (Å²) in [5, 5.41) is 4.11. The highest BCUT2D eigenvalue weighted by atomic mass is 32.2. The fourth-order valence-corrected chi connectivity index (χ4v) is 4.19. The molecule has 1 N–H and O–H groups in total.